The molecule has 12 nitrogen and oxygen atoms in total. The summed E-state index contributed by atoms with van der Waals surface area (Å²) in [5, 5.41) is 27.9. The Bertz CT molecular complexity index is 7230. The lowest BCUT2D eigenvalue weighted by Gasteiger charge is -2.37. The Labute approximate surface area is 641 Å². The standard InChI is InChI=1S/C98H64N8O4S/c99-52-55-15-37-79-77(43-55)67-30-23-61(45-82(67)97(79)39-7-1-8-40-97)92-103-95(63-25-34-72-70-12-4-6-14-84(70)108-88(72)49-63)106-96(104-92)65-27-36-76-74-32-22-60(47-86(74)110-90(76)51-65)59-21-31-73-75-35-26-64(50-89(75)109-85(73)46-59)94-102-91(101-93(105-94)62-24-33-71-69-11-3-5-13-83(69)107-87(71)48-62)57-18-16-56(17-19-57)58-20-29-68-78-54-111-66(53-100)28-38-80(78)98(81(68)44-58)41-9-2-10-42-98/h3-6,11-38,43-51,66H,1-2,7-10,39-42,54H2. The van der Waals surface area contributed by atoms with Gasteiger partial charge in [0.15, 0.2) is 34.9 Å². The number of rotatable bonds is 8. The summed E-state index contributed by atoms with van der Waals surface area (Å²) >= 11 is 1.73. The van der Waals surface area contributed by atoms with E-state index in [4.69, 9.17) is 47.6 Å². The molecular weight excluding hydrogens is 1390 g/mol. The monoisotopic (exact) mass is 1450 g/mol. The number of furan rings is 4. The summed E-state index contributed by atoms with van der Waals surface area (Å²) in [7, 11) is 0. The second-order valence-electron chi connectivity index (χ2n) is 30.6. The van der Waals surface area contributed by atoms with Gasteiger partial charge in [-0.05, 0) is 202 Å². The lowest BCUT2D eigenvalue weighted by atomic mass is 9.66. The quantitative estimate of drug-likeness (QED) is 0.140. The van der Waals surface area contributed by atoms with Crippen molar-refractivity contribution in [3.8, 4) is 114 Å². The predicted octanol–water partition coefficient (Wildman–Crippen LogP) is 25.3. The molecule has 0 N–H and O–H groups in total. The highest BCUT2D eigenvalue weighted by Crippen LogP contribution is 2.59. The van der Waals surface area contributed by atoms with Crippen LogP contribution in [0.5, 0.6) is 0 Å². The molecule has 5 aliphatic rings. The molecule has 0 amide bonds. The molecule has 1 aliphatic heterocycles. The minimum atomic E-state index is -0.147. The van der Waals surface area contributed by atoms with E-state index in [2.05, 4.69) is 194 Å². The number of hydrogen-bond acceptors (Lipinski definition) is 13. The first kappa shape index (κ1) is 63.7. The van der Waals surface area contributed by atoms with Crippen LogP contribution in [-0.4, -0.2) is 40.9 Å². The van der Waals surface area contributed by atoms with Gasteiger partial charge in [0.05, 0.1) is 17.7 Å². The van der Waals surface area contributed by atoms with E-state index >= 15 is 0 Å². The van der Waals surface area contributed by atoms with Crippen molar-refractivity contribution < 1.29 is 17.7 Å². The van der Waals surface area contributed by atoms with Crippen LogP contribution in [0.2, 0.25) is 0 Å². The van der Waals surface area contributed by atoms with Crippen LogP contribution in [0, 0.1) is 22.7 Å². The molecule has 0 saturated heterocycles. The third-order valence-corrected chi connectivity index (χ3v) is 25.7. The van der Waals surface area contributed by atoms with Gasteiger partial charge in [0.25, 0.3) is 0 Å². The molecule has 2 saturated carbocycles. The third-order valence-electron chi connectivity index (χ3n) is 24.7. The van der Waals surface area contributed by atoms with E-state index in [1.54, 1.807) is 11.8 Å². The number of fused-ring (bicyclic) bond motifs is 21. The van der Waals surface area contributed by atoms with E-state index in [0.29, 0.717) is 51.7 Å². The normalized spacial score (nSPS) is 16.2. The number of para-hydroxylation sites is 2. The van der Waals surface area contributed by atoms with Crippen LogP contribution in [0.4, 0.5) is 0 Å². The minimum absolute atomic E-state index is 0.0257. The molecule has 12 aromatic carbocycles. The molecule has 2 spiro atoms. The molecule has 6 aromatic heterocycles. The SMILES string of the molecule is N#Cc1ccc2c(c1)-c1ccc(-c3nc(-c4ccc5c(c4)oc4ccccc45)nc(-c4ccc5c(c4)oc4cc(-c6ccc7c(c6)oc6cc(-c8nc(-c9ccc(-c%10ccc%11c(c%10)C%10(CCCCC%10)C%10=C%11CSC(C#N)C=C%10)cc9)nc(-c9ccc%10c(c9)oc9ccccc9%10)n8)ccc67)ccc45)n3)cc1C21CCCCC1. The van der Waals surface area contributed by atoms with Crippen molar-refractivity contribution in [3.05, 3.63) is 282 Å². The van der Waals surface area contributed by atoms with Crippen LogP contribution < -0.4 is 0 Å². The number of nitriles is 2. The molecule has 1 atom stereocenters. The first-order valence-electron chi connectivity index (χ1n) is 38.4. The Hall–Kier alpha value is -13.3. The Morgan fingerprint density at radius 2 is 0.685 bits per heavy atom. The molecule has 1 unspecified atom stereocenters. The van der Waals surface area contributed by atoms with Crippen molar-refractivity contribution in [2.24, 2.45) is 0 Å². The van der Waals surface area contributed by atoms with Crippen LogP contribution in [0.25, 0.3) is 195 Å². The van der Waals surface area contributed by atoms with Crippen molar-refractivity contribution >= 4 is 105 Å². The zero-order chi connectivity index (χ0) is 73.2. The molecule has 0 bridgehead atoms. The fourth-order valence-corrected chi connectivity index (χ4v) is 20.2. The van der Waals surface area contributed by atoms with Gasteiger partial charge < -0.3 is 17.7 Å². The molecule has 7 heterocycles. The molecule has 0 radical (unpaired) electrons. The summed E-state index contributed by atoms with van der Waals surface area (Å²) in [6.45, 7) is 0. The second kappa shape index (κ2) is 24.6. The van der Waals surface area contributed by atoms with Crippen molar-refractivity contribution in [3.63, 3.8) is 0 Å². The summed E-state index contributed by atoms with van der Waals surface area (Å²) < 4.78 is 26.6. The summed E-state index contributed by atoms with van der Waals surface area (Å²) in [5.74, 6) is 4.05. The summed E-state index contributed by atoms with van der Waals surface area (Å²) in [5.41, 5.74) is 26.4. The number of nitrogens with zero attached hydrogens (tertiary/aromatic N) is 8. The van der Waals surface area contributed by atoms with Gasteiger partial charge in [0, 0.05) is 93.1 Å². The Morgan fingerprint density at radius 1 is 0.315 bits per heavy atom. The van der Waals surface area contributed by atoms with Crippen LogP contribution in [0.1, 0.15) is 92.0 Å². The number of hydrogen-bond donors (Lipinski definition) is 0. The molecule has 2 fully saturated rings. The van der Waals surface area contributed by atoms with Crippen molar-refractivity contribution in [1.29, 1.82) is 10.5 Å². The zero-order valence-corrected chi connectivity index (χ0v) is 61.0. The van der Waals surface area contributed by atoms with Gasteiger partial charge in [0.1, 0.15) is 49.9 Å². The molecule has 526 valence electrons. The highest BCUT2D eigenvalue weighted by atomic mass is 32.2. The zero-order valence-electron chi connectivity index (χ0n) is 60.1. The maximum Gasteiger partial charge on any atom is 0.164 e. The Morgan fingerprint density at radius 3 is 1.18 bits per heavy atom. The Balaban J connectivity index is 0.578. The lowest BCUT2D eigenvalue weighted by Crippen LogP contribution is -2.29. The highest BCUT2D eigenvalue weighted by Gasteiger charge is 2.46. The van der Waals surface area contributed by atoms with Crippen LogP contribution in [-0.2, 0) is 10.8 Å². The first-order valence-corrected chi connectivity index (χ1v) is 39.5. The molecule has 111 heavy (non-hydrogen) atoms. The maximum absolute atomic E-state index is 10.0. The average Bonchev–Trinajstić information content (AvgIpc) is 1.56. The largest absolute Gasteiger partial charge is 0.456 e. The van der Waals surface area contributed by atoms with Crippen molar-refractivity contribution in [2.75, 3.05) is 5.75 Å². The molecule has 4 aliphatic carbocycles. The number of allylic oxidation sites excluding steroid dienone is 2. The summed E-state index contributed by atoms with van der Waals surface area (Å²) in [4.78, 5) is 31.6. The molecule has 13 heteroatoms. The highest BCUT2D eigenvalue weighted by molar-refractivity contribution is 8.00. The van der Waals surface area contributed by atoms with E-state index in [0.717, 1.165) is 177 Å². The van der Waals surface area contributed by atoms with E-state index in [-0.39, 0.29) is 16.1 Å². The second-order valence-corrected chi connectivity index (χ2v) is 31.8. The smallest absolute Gasteiger partial charge is 0.164 e. The van der Waals surface area contributed by atoms with Gasteiger partial charge >= 0.3 is 0 Å². The lowest BCUT2D eigenvalue weighted by molar-refractivity contribution is 0.350. The Kier molecular flexibility index (Phi) is 14.1. The van der Waals surface area contributed by atoms with E-state index in [9.17, 15) is 10.5 Å². The number of benzene rings is 12. The van der Waals surface area contributed by atoms with Gasteiger partial charge in [-0.1, -0.05) is 178 Å². The van der Waals surface area contributed by atoms with E-state index in [1.807, 2.05) is 66.7 Å². The first-order chi connectivity index (χ1) is 54.7. The fourth-order valence-electron chi connectivity index (χ4n) is 19.2. The van der Waals surface area contributed by atoms with Crippen LogP contribution in [0.3, 0.4) is 0 Å². The minimum Gasteiger partial charge on any atom is -0.456 e. The van der Waals surface area contributed by atoms with Crippen LogP contribution >= 0.6 is 11.8 Å². The van der Waals surface area contributed by atoms with Gasteiger partial charge in [-0.3, -0.25) is 0 Å². The van der Waals surface area contributed by atoms with E-state index < -0.39 is 0 Å². The molecule has 18 aromatic rings. The average molecular weight is 1450 g/mol. The van der Waals surface area contributed by atoms with E-state index in [1.165, 1.54) is 70.2 Å². The maximum atomic E-state index is 10.0. The fraction of sp³-hybridized carbons (Fsp3) is 0.143. The van der Waals surface area contributed by atoms with Crippen LogP contribution in [0.15, 0.2) is 272 Å². The summed E-state index contributed by atoms with van der Waals surface area (Å²) in [6.07, 6.45) is 15.9. The predicted molar refractivity (Wildman–Crippen MR) is 443 cm³/mol. The van der Waals surface area contributed by atoms with Gasteiger partial charge in [-0.2, -0.15) is 10.5 Å². The molecular formula is C98H64N8O4S. The van der Waals surface area contributed by atoms with Gasteiger partial charge in [-0.25, -0.2) is 29.9 Å². The number of thioether (sulfide) groups is 1. The van der Waals surface area contributed by atoms with Crippen molar-refractivity contribution in [1.82, 2.24) is 29.9 Å². The third kappa shape index (κ3) is 10.0. The van der Waals surface area contributed by atoms with Gasteiger partial charge in [-0.15, -0.1) is 11.8 Å². The van der Waals surface area contributed by atoms with Gasteiger partial charge in [0.2, 0.25) is 0 Å². The molecule has 23 rings (SSSR count). The van der Waals surface area contributed by atoms with Crippen molar-refractivity contribution in [2.45, 2.75) is 80.3 Å². The summed E-state index contributed by atoms with van der Waals surface area (Å²) in [6, 6.07) is 87.4. The topological polar surface area (TPSA) is 177 Å². The number of aromatic nitrogens is 6.